The third-order valence-corrected chi connectivity index (χ3v) is 0.603. The van der Waals surface area contributed by atoms with Crippen LogP contribution in [0.5, 0.6) is 0 Å². The highest BCUT2D eigenvalue weighted by Crippen LogP contribution is 1.84. The van der Waals surface area contributed by atoms with E-state index in [0.29, 0.717) is 6.42 Å². The van der Waals surface area contributed by atoms with Crippen LogP contribution in [0.3, 0.4) is 0 Å². The smallest absolute Gasteiger partial charge is 0.294 e. The molecule has 0 saturated carbocycles. The van der Waals surface area contributed by atoms with Gasteiger partial charge in [0.1, 0.15) is 0 Å². The zero-order valence-corrected chi connectivity index (χ0v) is 4.66. The lowest BCUT2D eigenvalue weighted by Gasteiger charge is -1.92. The quantitative estimate of drug-likeness (QED) is 0.312. The summed E-state index contributed by atoms with van der Waals surface area (Å²) in [6, 6.07) is 0. The van der Waals surface area contributed by atoms with Crippen molar-refractivity contribution in [2.24, 2.45) is 0 Å². The van der Waals surface area contributed by atoms with Crippen molar-refractivity contribution >= 4 is 0 Å². The largest absolute Gasteiger partial charge is 0.314 e. The molecule has 0 aliphatic carbocycles. The molecular weight excluding hydrogens is 110 g/mol. The average molecular weight is 118 g/mol. The lowest BCUT2D eigenvalue weighted by molar-refractivity contribution is -0.757. The molecule has 0 unspecified atom stereocenters. The molecule has 0 fully saturated rings. The number of nitrogens with zero attached hydrogens (tertiary/aromatic N) is 1. The van der Waals surface area contributed by atoms with Crippen molar-refractivity contribution in [1.29, 1.82) is 0 Å². The molecule has 0 aromatic heterocycles. The molecule has 47 valence electrons. The maximum absolute atomic E-state index is 9.44. The second kappa shape index (κ2) is 4.36. The zero-order chi connectivity index (χ0) is 6.41. The van der Waals surface area contributed by atoms with Gasteiger partial charge in [0.05, 0.1) is 6.61 Å². The van der Waals surface area contributed by atoms with E-state index in [-0.39, 0.29) is 6.61 Å². The number of hydrogen-bond donors (Lipinski definition) is 0. The average Bonchev–Trinajstić information content (AvgIpc) is 1.66. The van der Waals surface area contributed by atoms with Crippen molar-refractivity contribution < 1.29 is 9.92 Å². The molecule has 0 spiro atoms. The Labute approximate surface area is 47.6 Å². The van der Waals surface area contributed by atoms with E-state index in [2.05, 4.69) is 4.84 Å². The molecule has 0 rings (SSSR count). The van der Waals surface area contributed by atoms with E-state index in [1.807, 2.05) is 13.3 Å². The molecule has 4 nitrogen and oxygen atoms in total. The summed E-state index contributed by atoms with van der Waals surface area (Å²) in [5, 5.41) is 8.66. The number of rotatable bonds is 4. The van der Waals surface area contributed by atoms with Crippen molar-refractivity contribution in [3.8, 4) is 0 Å². The molecule has 0 heterocycles. The van der Waals surface area contributed by atoms with E-state index in [9.17, 15) is 10.1 Å². The van der Waals surface area contributed by atoms with Crippen LogP contribution in [0.15, 0.2) is 0 Å². The highest BCUT2D eigenvalue weighted by atomic mass is 16.9. The summed E-state index contributed by atoms with van der Waals surface area (Å²) in [6.45, 7) is 1.99. The molecule has 0 amide bonds. The van der Waals surface area contributed by atoms with Crippen molar-refractivity contribution in [3.05, 3.63) is 16.5 Å². The molecule has 0 saturated heterocycles. The fourth-order valence-corrected chi connectivity index (χ4v) is 0.245. The molecule has 8 heavy (non-hydrogen) atoms. The van der Waals surface area contributed by atoms with Crippen molar-refractivity contribution in [1.82, 2.24) is 0 Å². The van der Waals surface area contributed by atoms with E-state index in [0.717, 1.165) is 0 Å². The molecule has 0 aliphatic heterocycles. The van der Waals surface area contributed by atoms with E-state index in [1.54, 1.807) is 0 Å². The van der Waals surface area contributed by atoms with Crippen LogP contribution in [0.4, 0.5) is 0 Å². The molecule has 0 N–H and O–H groups in total. The maximum atomic E-state index is 9.44. The summed E-state index contributed by atoms with van der Waals surface area (Å²) in [6.07, 6.45) is 2.44. The van der Waals surface area contributed by atoms with E-state index in [4.69, 9.17) is 0 Å². The van der Waals surface area contributed by atoms with Crippen LogP contribution in [0, 0.1) is 16.5 Å². The highest BCUT2D eigenvalue weighted by molar-refractivity contribution is 4.51. The van der Waals surface area contributed by atoms with Crippen LogP contribution in [-0.2, 0) is 4.84 Å². The Morgan fingerprint density at radius 3 is 2.88 bits per heavy atom. The normalized spacial score (nSPS) is 8.62. The first-order chi connectivity index (χ1) is 3.77. The maximum Gasteiger partial charge on any atom is 0.294 e. The van der Waals surface area contributed by atoms with Gasteiger partial charge in [-0.2, -0.15) is 0 Å². The van der Waals surface area contributed by atoms with Crippen molar-refractivity contribution in [2.75, 3.05) is 6.61 Å². The first-order valence-electron chi connectivity index (χ1n) is 2.32. The van der Waals surface area contributed by atoms with Crippen LogP contribution in [0.25, 0.3) is 0 Å². The zero-order valence-electron chi connectivity index (χ0n) is 4.66. The molecule has 0 aromatic carbocycles. The molecule has 4 heteroatoms. The minimum Gasteiger partial charge on any atom is -0.314 e. The number of hydrogen-bond acceptors (Lipinski definition) is 3. The predicted octanol–water partition coefficient (Wildman–Crippen LogP) is 0.809. The highest BCUT2D eigenvalue weighted by Gasteiger charge is 1.90. The Morgan fingerprint density at radius 1 is 1.88 bits per heavy atom. The second-order valence-corrected chi connectivity index (χ2v) is 1.25. The standard InChI is InChI=1S/C4H8NO3/c1-2-3-4-8-5(6)7/h2H,3-4H2,1H3. The van der Waals surface area contributed by atoms with Crippen LogP contribution in [-0.4, -0.2) is 11.7 Å². The fourth-order valence-electron chi connectivity index (χ4n) is 0.245. The minimum atomic E-state index is -0.788. The van der Waals surface area contributed by atoms with E-state index >= 15 is 0 Å². The minimum absolute atomic E-state index is 0.170. The summed E-state index contributed by atoms with van der Waals surface area (Å²) in [4.78, 5) is 13.4. The summed E-state index contributed by atoms with van der Waals surface area (Å²) in [5.74, 6) is 0. The molecular formula is C4H8NO3. The third-order valence-electron chi connectivity index (χ3n) is 0.603. The second-order valence-electron chi connectivity index (χ2n) is 1.25. The van der Waals surface area contributed by atoms with Gasteiger partial charge in [0.2, 0.25) is 0 Å². The SMILES string of the molecule is C[CH]CCO[N+](=O)[O-]. The van der Waals surface area contributed by atoms with Crippen LogP contribution >= 0.6 is 0 Å². The van der Waals surface area contributed by atoms with Gasteiger partial charge in [-0.25, -0.2) is 0 Å². The number of unbranched alkanes of at least 4 members (excludes halogenated alkanes) is 1. The van der Waals surface area contributed by atoms with Gasteiger partial charge < -0.3 is 4.84 Å². The van der Waals surface area contributed by atoms with Gasteiger partial charge in [-0.15, -0.1) is 10.1 Å². The molecule has 0 aromatic rings. The van der Waals surface area contributed by atoms with Gasteiger partial charge in [0.25, 0.3) is 5.09 Å². The topological polar surface area (TPSA) is 52.4 Å². The summed E-state index contributed by atoms with van der Waals surface area (Å²) >= 11 is 0. The van der Waals surface area contributed by atoms with Gasteiger partial charge in [0, 0.05) is 0 Å². The first-order valence-corrected chi connectivity index (χ1v) is 2.32. The Bertz CT molecular complexity index is 73.7. The molecule has 0 aliphatic rings. The van der Waals surface area contributed by atoms with Crippen LogP contribution in [0.2, 0.25) is 0 Å². The fraction of sp³-hybridized carbons (Fsp3) is 0.750. The summed E-state index contributed by atoms with van der Waals surface area (Å²) in [7, 11) is 0. The lowest BCUT2D eigenvalue weighted by atomic mass is 10.4. The lowest BCUT2D eigenvalue weighted by Crippen LogP contribution is -2.01. The molecule has 0 bridgehead atoms. The van der Waals surface area contributed by atoms with Crippen molar-refractivity contribution in [3.63, 3.8) is 0 Å². The van der Waals surface area contributed by atoms with Gasteiger partial charge in [-0.1, -0.05) is 6.92 Å². The monoisotopic (exact) mass is 118 g/mol. The third kappa shape index (κ3) is 5.20. The van der Waals surface area contributed by atoms with E-state index < -0.39 is 5.09 Å². The van der Waals surface area contributed by atoms with Gasteiger partial charge in [0.15, 0.2) is 0 Å². The Balaban J connectivity index is 2.82. The summed E-state index contributed by atoms with van der Waals surface area (Å²) < 4.78 is 0. The van der Waals surface area contributed by atoms with Crippen LogP contribution in [0.1, 0.15) is 13.3 Å². The van der Waals surface area contributed by atoms with Gasteiger partial charge >= 0.3 is 0 Å². The summed E-state index contributed by atoms with van der Waals surface area (Å²) in [5.41, 5.74) is 0. The van der Waals surface area contributed by atoms with Gasteiger partial charge in [-0.3, -0.25) is 0 Å². The Kier molecular flexibility index (Phi) is 3.93. The van der Waals surface area contributed by atoms with E-state index in [1.165, 1.54) is 0 Å². The Hall–Kier alpha value is -0.800. The molecule has 1 radical (unpaired) electrons. The van der Waals surface area contributed by atoms with Gasteiger partial charge in [-0.05, 0) is 12.8 Å². The Morgan fingerprint density at radius 2 is 2.50 bits per heavy atom. The first kappa shape index (κ1) is 7.20. The van der Waals surface area contributed by atoms with Crippen molar-refractivity contribution in [2.45, 2.75) is 13.3 Å². The van der Waals surface area contributed by atoms with Crippen LogP contribution < -0.4 is 0 Å². The molecule has 0 atom stereocenters. The predicted molar refractivity (Wildman–Crippen MR) is 27.5 cm³/mol.